The Balaban J connectivity index is 2.53. The fourth-order valence-corrected chi connectivity index (χ4v) is 2.13. The van der Waals surface area contributed by atoms with Gasteiger partial charge in [0.25, 0.3) is 0 Å². The number of hydrogen-bond acceptors (Lipinski definition) is 3. The van der Waals surface area contributed by atoms with Gasteiger partial charge in [-0.05, 0) is 41.0 Å². The third kappa shape index (κ3) is 5.06. The highest BCUT2D eigenvalue weighted by Gasteiger charge is 2.04. The summed E-state index contributed by atoms with van der Waals surface area (Å²) in [6.07, 6.45) is 2.76. The van der Waals surface area contributed by atoms with Gasteiger partial charge >= 0.3 is 0 Å². The average molecular weight is 320 g/mol. The molecule has 0 spiro atoms. The summed E-state index contributed by atoms with van der Waals surface area (Å²) < 4.78 is 0.579. The van der Waals surface area contributed by atoms with Gasteiger partial charge < -0.3 is 10.4 Å². The van der Waals surface area contributed by atoms with Gasteiger partial charge in [0.15, 0.2) is 0 Å². The number of rotatable bonds is 6. The lowest BCUT2D eigenvalue weighted by Crippen LogP contribution is -2.18. The summed E-state index contributed by atoms with van der Waals surface area (Å²) in [6.45, 7) is 4.65. The number of nitrogens with zero attached hydrogens (tertiary/aromatic N) is 1. The molecule has 0 unspecified atom stereocenters. The predicted molar refractivity (Wildman–Crippen MR) is 76.4 cm³/mol. The molecule has 17 heavy (non-hydrogen) atoms. The van der Waals surface area contributed by atoms with Crippen molar-refractivity contribution in [3.8, 4) is 5.75 Å². The van der Waals surface area contributed by atoms with Crippen LogP contribution in [0, 0.1) is 0 Å². The van der Waals surface area contributed by atoms with Crippen LogP contribution in [0.25, 0.3) is 0 Å². The number of hydrogen-bond donors (Lipinski definition) is 2. The van der Waals surface area contributed by atoms with Gasteiger partial charge in [-0.3, -0.25) is 4.99 Å². The van der Waals surface area contributed by atoms with E-state index in [1.54, 1.807) is 18.3 Å². The van der Waals surface area contributed by atoms with Gasteiger partial charge in [0.05, 0.1) is 11.0 Å². The maximum Gasteiger partial charge on any atom is 0.138 e. The molecule has 1 aromatic rings. The van der Waals surface area contributed by atoms with Crippen LogP contribution in [0.1, 0.15) is 18.9 Å². The van der Waals surface area contributed by atoms with Crippen LogP contribution < -0.4 is 5.32 Å². The fraction of sp³-hybridized carbons (Fsp3) is 0.417. The fourth-order valence-electron chi connectivity index (χ4n) is 1.29. The zero-order valence-electron chi connectivity index (χ0n) is 9.71. The van der Waals surface area contributed by atoms with Crippen LogP contribution in [-0.2, 0) is 0 Å². The molecule has 0 aliphatic heterocycles. The Morgan fingerprint density at radius 3 is 2.94 bits per heavy atom. The van der Waals surface area contributed by atoms with Crippen LogP contribution in [0.5, 0.6) is 5.75 Å². The molecular weight excluding hydrogens is 304 g/mol. The van der Waals surface area contributed by atoms with Crippen molar-refractivity contribution in [2.24, 2.45) is 4.99 Å². The van der Waals surface area contributed by atoms with Gasteiger partial charge in [0, 0.05) is 23.3 Å². The second kappa shape index (κ2) is 7.69. The van der Waals surface area contributed by atoms with E-state index in [1.165, 1.54) is 0 Å². The van der Waals surface area contributed by atoms with Crippen LogP contribution in [0.3, 0.4) is 0 Å². The summed E-state index contributed by atoms with van der Waals surface area (Å²) in [5, 5.41) is 13.6. The first-order valence-electron chi connectivity index (χ1n) is 5.53. The third-order valence-corrected chi connectivity index (χ3v) is 2.96. The molecule has 2 N–H and O–H groups in total. The molecule has 0 amide bonds. The number of benzene rings is 1. The van der Waals surface area contributed by atoms with Crippen molar-refractivity contribution in [3.05, 3.63) is 27.2 Å². The summed E-state index contributed by atoms with van der Waals surface area (Å²) in [6, 6.07) is 3.33. The molecule has 0 saturated carbocycles. The summed E-state index contributed by atoms with van der Waals surface area (Å²) >= 11 is 9.12. The number of aliphatic imine (C=N–C) groups is 1. The number of phenols is 1. The second-order valence-corrected chi connectivity index (χ2v) is 4.90. The summed E-state index contributed by atoms with van der Waals surface area (Å²) in [4.78, 5) is 4.23. The number of halogens is 2. The molecule has 94 valence electrons. The van der Waals surface area contributed by atoms with Crippen LogP contribution in [-0.4, -0.2) is 31.0 Å². The van der Waals surface area contributed by atoms with Crippen molar-refractivity contribution in [1.29, 1.82) is 0 Å². The highest BCUT2D eigenvalue weighted by atomic mass is 79.9. The number of phenolic OH excluding ortho intramolecular Hbond substituents is 1. The Morgan fingerprint density at radius 2 is 2.24 bits per heavy atom. The Hall–Kier alpha value is -0.580. The lowest BCUT2D eigenvalue weighted by Gasteiger charge is -2.03. The van der Waals surface area contributed by atoms with Gasteiger partial charge in [-0.25, -0.2) is 0 Å². The largest absolute Gasteiger partial charge is 0.506 e. The van der Waals surface area contributed by atoms with Crippen LogP contribution in [0.4, 0.5) is 0 Å². The van der Waals surface area contributed by atoms with E-state index in [2.05, 4.69) is 33.2 Å². The Morgan fingerprint density at radius 1 is 1.47 bits per heavy atom. The summed E-state index contributed by atoms with van der Waals surface area (Å²) in [5.74, 6) is 0.166. The molecule has 0 aromatic heterocycles. The van der Waals surface area contributed by atoms with E-state index < -0.39 is 0 Å². The molecule has 0 aliphatic carbocycles. The Bertz CT molecular complexity index is 396. The van der Waals surface area contributed by atoms with E-state index in [4.69, 9.17) is 11.6 Å². The van der Waals surface area contributed by atoms with E-state index in [1.807, 2.05) is 0 Å². The lowest BCUT2D eigenvalue weighted by molar-refractivity contribution is 0.471. The van der Waals surface area contributed by atoms with Crippen molar-refractivity contribution < 1.29 is 5.11 Å². The van der Waals surface area contributed by atoms with E-state index >= 15 is 0 Å². The minimum absolute atomic E-state index is 0.166. The van der Waals surface area contributed by atoms with Crippen molar-refractivity contribution in [2.75, 3.05) is 19.6 Å². The molecule has 1 rings (SSSR count). The Kier molecular flexibility index (Phi) is 6.55. The zero-order valence-corrected chi connectivity index (χ0v) is 12.1. The molecule has 0 heterocycles. The van der Waals surface area contributed by atoms with Gasteiger partial charge in [-0.1, -0.05) is 18.5 Å². The van der Waals surface area contributed by atoms with E-state index in [-0.39, 0.29) is 5.75 Å². The predicted octanol–water partition coefficient (Wildman–Crippen LogP) is 3.23. The summed E-state index contributed by atoms with van der Waals surface area (Å²) in [5.41, 5.74) is 0.625. The van der Waals surface area contributed by atoms with Crippen molar-refractivity contribution in [2.45, 2.75) is 13.3 Å². The minimum atomic E-state index is 0.166. The normalized spacial score (nSPS) is 11.2. The molecule has 1 aromatic carbocycles. The maximum absolute atomic E-state index is 9.75. The average Bonchev–Trinajstić information content (AvgIpc) is 2.29. The van der Waals surface area contributed by atoms with Crippen LogP contribution >= 0.6 is 27.5 Å². The highest BCUT2D eigenvalue weighted by Crippen LogP contribution is 2.30. The van der Waals surface area contributed by atoms with Crippen LogP contribution in [0.15, 0.2) is 21.6 Å². The maximum atomic E-state index is 9.75. The van der Waals surface area contributed by atoms with E-state index in [9.17, 15) is 5.11 Å². The van der Waals surface area contributed by atoms with Gasteiger partial charge in [0.2, 0.25) is 0 Å². The topological polar surface area (TPSA) is 44.6 Å². The zero-order chi connectivity index (χ0) is 12.7. The lowest BCUT2D eigenvalue weighted by atomic mass is 10.2. The molecular formula is C12H16BrClN2O. The molecule has 0 bridgehead atoms. The molecule has 0 radical (unpaired) electrons. The highest BCUT2D eigenvalue weighted by molar-refractivity contribution is 9.10. The molecule has 0 atom stereocenters. The SMILES string of the molecule is CCCNCCN=Cc1cc(Cl)cc(Br)c1O. The van der Waals surface area contributed by atoms with Crippen molar-refractivity contribution >= 4 is 33.7 Å². The van der Waals surface area contributed by atoms with E-state index in [0.717, 1.165) is 19.5 Å². The van der Waals surface area contributed by atoms with Gasteiger partial charge in [0.1, 0.15) is 5.75 Å². The first-order valence-corrected chi connectivity index (χ1v) is 6.70. The van der Waals surface area contributed by atoms with Crippen molar-refractivity contribution in [3.63, 3.8) is 0 Å². The van der Waals surface area contributed by atoms with Gasteiger partial charge in [-0.15, -0.1) is 0 Å². The third-order valence-electron chi connectivity index (χ3n) is 2.13. The second-order valence-electron chi connectivity index (χ2n) is 3.61. The van der Waals surface area contributed by atoms with Crippen LogP contribution in [0.2, 0.25) is 5.02 Å². The minimum Gasteiger partial charge on any atom is -0.506 e. The molecule has 0 saturated heterocycles. The number of nitrogens with one attached hydrogen (secondary N) is 1. The molecule has 5 heteroatoms. The standard InChI is InChI=1S/C12H16BrClN2O/c1-2-3-15-4-5-16-8-9-6-10(14)7-11(13)12(9)17/h6-8,15,17H,2-5H2,1H3. The summed E-state index contributed by atoms with van der Waals surface area (Å²) in [7, 11) is 0. The van der Waals surface area contributed by atoms with Gasteiger partial charge in [-0.2, -0.15) is 0 Å². The van der Waals surface area contributed by atoms with E-state index in [0.29, 0.717) is 21.6 Å². The molecule has 3 nitrogen and oxygen atoms in total. The van der Waals surface area contributed by atoms with Crippen molar-refractivity contribution in [1.82, 2.24) is 5.32 Å². The number of aromatic hydroxyl groups is 1. The molecule has 0 fully saturated rings. The smallest absolute Gasteiger partial charge is 0.138 e. The quantitative estimate of drug-likeness (QED) is 0.624. The monoisotopic (exact) mass is 318 g/mol. The first kappa shape index (κ1) is 14.5. The first-order chi connectivity index (χ1) is 8.15. The Labute approximate surface area is 115 Å². The molecule has 0 aliphatic rings.